The van der Waals surface area contributed by atoms with Crippen LogP contribution in [0.3, 0.4) is 0 Å². The van der Waals surface area contributed by atoms with Crippen LogP contribution in [0, 0.1) is 5.92 Å². The Bertz CT molecular complexity index is 970. The Kier molecular flexibility index (Phi) is 8.28. The van der Waals surface area contributed by atoms with Gasteiger partial charge in [-0.1, -0.05) is 12.1 Å². The first-order chi connectivity index (χ1) is 16.2. The van der Waals surface area contributed by atoms with E-state index < -0.39 is 5.60 Å². The van der Waals surface area contributed by atoms with Crippen LogP contribution in [0.25, 0.3) is 0 Å². The van der Waals surface area contributed by atoms with E-state index in [-0.39, 0.29) is 17.9 Å². The van der Waals surface area contributed by atoms with Crippen LogP contribution in [0.2, 0.25) is 0 Å². The minimum atomic E-state index is -1.01. The molecule has 2 aromatic carbocycles. The number of nitrogens with one attached hydrogen (secondary N) is 1. The predicted molar refractivity (Wildman–Crippen MR) is 130 cm³/mol. The molecule has 0 aromatic heterocycles. The van der Waals surface area contributed by atoms with Crippen molar-refractivity contribution in [1.29, 1.82) is 0 Å². The third-order valence-corrected chi connectivity index (χ3v) is 6.54. The fourth-order valence-corrected chi connectivity index (χ4v) is 4.81. The number of benzene rings is 2. The lowest BCUT2D eigenvalue weighted by molar-refractivity contribution is -0.0685. The van der Waals surface area contributed by atoms with Gasteiger partial charge in [0.25, 0.3) is 5.91 Å². The van der Waals surface area contributed by atoms with E-state index in [1.807, 2.05) is 38.4 Å². The van der Waals surface area contributed by atoms with Gasteiger partial charge in [0.15, 0.2) is 11.5 Å². The molecule has 0 saturated heterocycles. The van der Waals surface area contributed by atoms with Gasteiger partial charge < -0.3 is 34.3 Å². The molecule has 3 rings (SSSR count). The quantitative estimate of drug-likeness (QED) is 0.580. The Morgan fingerprint density at radius 3 is 2.29 bits per heavy atom. The fourth-order valence-electron chi connectivity index (χ4n) is 4.81. The lowest BCUT2D eigenvalue weighted by Gasteiger charge is -2.44. The third kappa shape index (κ3) is 5.39. The Balaban J connectivity index is 1.82. The second kappa shape index (κ2) is 11.0. The molecule has 3 unspecified atom stereocenters. The van der Waals surface area contributed by atoms with Gasteiger partial charge in [-0.15, -0.1) is 0 Å². The van der Waals surface area contributed by atoms with E-state index >= 15 is 0 Å². The van der Waals surface area contributed by atoms with Crippen LogP contribution in [-0.2, 0) is 5.60 Å². The van der Waals surface area contributed by atoms with Crippen molar-refractivity contribution in [2.24, 2.45) is 5.92 Å². The minimum Gasteiger partial charge on any atom is -0.497 e. The summed E-state index contributed by atoms with van der Waals surface area (Å²) in [6.07, 6.45) is 1.81. The van der Waals surface area contributed by atoms with Crippen molar-refractivity contribution in [3.63, 3.8) is 0 Å². The summed E-state index contributed by atoms with van der Waals surface area (Å²) in [5.74, 6) is 1.70. The van der Waals surface area contributed by atoms with Crippen LogP contribution in [0.1, 0.15) is 35.2 Å². The molecular formula is C26H36N2O6. The highest BCUT2D eigenvalue weighted by Crippen LogP contribution is 2.43. The van der Waals surface area contributed by atoms with Gasteiger partial charge in [-0.05, 0) is 63.2 Å². The van der Waals surface area contributed by atoms with Gasteiger partial charge in [0.1, 0.15) is 5.75 Å². The van der Waals surface area contributed by atoms with E-state index in [1.165, 1.54) is 21.3 Å². The van der Waals surface area contributed by atoms with Crippen LogP contribution >= 0.6 is 0 Å². The summed E-state index contributed by atoms with van der Waals surface area (Å²) < 4.78 is 21.5. The van der Waals surface area contributed by atoms with Crippen LogP contribution in [0.4, 0.5) is 0 Å². The Hall–Kier alpha value is -2.97. The topological polar surface area (TPSA) is 89.5 Å². The number of hydrogen-bond donors (Lipinski definition) is 2. The first-order valence-electron chi connectivity index (χ1n) is 11.4. The molecule has 0 bridgehead atoms. The molecule has 2 aromatic rings. The lowest BCUT2D eigenvalue weighted by Crippen LogP contribution is -2.50. The molecule has 1 amide bonds. The molecule has 8 heteroatoms. The van der Waals surface area contributed by atoms with Gasteiger partial charge in [-0.2, -0.15) is 0 Å². The average Bonchev–Trinajstić information content (AvgIpc) is 2.84. The number of carbonyl (C=O) groups is 1. The molecule has 0 radical (unpaired) electrons. The number of hydrogen-bond acceptors (Lipinski definition) is 7. The number of aliphatic hydroxyl groups is 1. The third-order valence-electron chi connectivity index (χ3n) is 6.54. The SMILES string of the molecule is COc1cccc(C2(O)CCC(NC(=O)c3cc(OC)c(OC)c(OC)c3)CC2CN(C)C)c1. The maximum atomic E-state index is 13.1. The van der Waals surface area contributed by atoms with E-state index in [0.29, 0.717) is 54.4 Å². The van der Waals surface area contributed by atoms with Gasteiger partial charge in [0, 0.05) is 24.1 Å². The largest absolute Gasteiger partial charge is 0.497 e. The number of methoxy groups -OCH3 is 4. The van der Waals surface area contributed by atoms with Crippen molar-refractivity contribution in [2.75, 3.05) is 49.1 Å². The first-order valence-corrected chi connectivity index (χ1v) is 11.4. The van der Waals surface area contributed by atoms with Gasteiger partial charge in [-0.25, -0.2) is 0 Å². The predicted octanol–water partition coefficient (Wildman–Crippen LogP) is 3.07. The van der Waals surface area contributed by atoms with Crippen LogP contribution in [0.5, 0.6) is 23.0 Å². The molecule has 1 aliphatic rings. The van der Waals surface area contributed by atoms with Crippen LogP contribution < -0.4 is 24.3 Å². The standard InChI is InChI=1S/C26H36N2O6/c1-28(2)16-19-14-20(10-11-26(19,30)18-8-7-9-21(15-18)31-3)27-25(29)17-12-22(32-4)24(34-6)23(13-17)33-5/h7-9,12-13,15,19-20,30H,10-11,14,16H2,1-6H3,(H,27,29). The molecule has 0 aliphatic heterocycles. The smallest absolute Gasteiger partial charge is 0.251 e. The van der Waals surface area contributed by atoms with Crippen molar-refractivity contribution in [1.82, 2.24) is 10.2 Å². The number of ether oxygens (including phenoxy) is 4. The lowest BCUT2D eigenvalue weighted by atomic mass is 9.69. The van der Waals surface area contributed by atoms with Crippen LogP contribution in [0.15, 0.2) is 36.4 Å². The maximum absolute atomic E-state index is 13.1. The van der Waals surface area contributed by atoms with Gasteiger partial charge >= 0.3 is 0 Å². The van der Waals surface area contributed by atoms with Gasteiger partial charge in [-0.3, -0.25) is 4.79 Å². The molecule has 1 saturated carbocycles. The normalized spacial score (nSPS) is 22.2. The number of carbonyl (C=O) groups excluding carboxylic acids is 1. The van der Waals surface area contributed by atoms with E-state index in [0.717, 1.165) is 5.56 Å². The molecular weight excluding hydrogens is 436 g/mol. The van der Waals surface area contributed by atoms with Crippen molar-refractivity contribution in [3.8, 4) is 23.0 Å². The monoisotopic (exact) mass is 472 g/mol. The van der Waals surface area contributed by atoms with E-state index in [4.69, 9.17) is 18.9 Å². The summed E-state index contributed by atoms with van der Waals surface area (Å²) >= 11 is 0. The van der Waals surface area contributed by atoms with Crippen molar-refractivity contribution in [2.45, 2.75) is 30.9 Å². The Morgan fingerprint density at radius 2 is 1.74 bits per heavy atom. The number of amides is 1. The Morgan fingerprint density at radius 1 is 1.06 bits per heavy atom. The van der Waals surface area contributed by atoms with Gasteiger partial charge in [0.2, 0.25) is 5.75 Å². The molecule has 186 valence electrons. The summed E-state index contributed by atoms with van der Waals surface area (Å²) in [5, 5.41) is 14.9. The van der Waals surface area contributed by atoms with Crippen molar-refractivity contribution >= 4 is 5.91 Å². The highest BCUT2D eigenvalue weighted by molar-refractivity contribution is 5.95. The summed E-state index contributed by atoms with van der Waals surface area (Å²) in [6.45, 7) is 0.685. The average molecular weight is 473 g/mol. The zero-order valence-electron chi connectivity index (χ0n) is 20.9. The highest BCUT2D eigenvalue weighted by atomic mass is 16.5. The minimum absolute atomic E-state index is 0.0754. The number of nitrogens with zero attached hydrogens (tertiary/aromatic N) is 1. The van der Waals surface area contributed by atoms with E-state index in [1.54, 1.807) is 19.2 Å². The molecule has 0 heterocycles. The molecule has 8 nitrogen and oxygen atoms in total. The zero-order chi connectivity index (χ0) is 24.9. The van der Waals surface area contributed by atoms with E-state index in [2.05, 4.69) is 10.2 Å². The van der Waals surface area contributed by atoms with Gasteiger partial charge in [0.05, 0.1) is 34.0 Å². The van der Waals surface area contributed by atoms with Crippen molar-refractivity contribution < 1.29 is 28.8 Å². The summed E-state index contributed by atoms with van der Waals surface area (Å²) in [6, 6.07) is 10.8. The molecule has 3 atom stereocenters. The summed E-state index contributed by atoms with van der Waals surface area (Å²) in [4.78, 5) is 15.2. The molecule has 34 heavy (non-hydrogen) atoms. The second-order valence-corrected chi connectivity index (χ2v) is 8.97. The molecule has 0 spiro atoms. The second-order valence-electron chi connectivity index (χ2n) is 8.97. The fraction of sp³-hybridized carbons (Fsp3) is 0.500. The summed E-state index contributed by atoms with van der Waals surface area (Å²) in [5.41, 5.74) is 0.257. The van der Waals surface area contributed by atoms with Crippen molar-refractivity contribution in [3.05, 3.63) is 47.5 Å². The summed E-state index contributed by atoms with van der Waals surface area (Å²) in [7, 11) is 10.2. The van der Waals surface area contributed by atoms with E-state index in [9.17, 15) is 9.90 Å². The first kappa shape index (κ1) is 25.6. The molecule has 2 N–H and O–H groups in total. The number of rotatable bonds is 9. The molecule has 1 fully saturated rings. The Labute approximate surface area is 201 Å². The zero-order valence-corrected chi connectivity index (χ0v) is 20.9. The molecule has 1 aliphatic carbocycles. The van der Waals surface area contributed by atoms with Crippen LogP contribution in [-0.4, -0.2) is 71.0 Å². The maximum Gasteiger partial charge on any atom is 0.251 e. The highest BCUT2D eigenvalue weighted by Gasteiger charge is 2.44.